The van der Waals surface area contributed by atoms with Gasteiger partial charge in [0.15, 0.2) is 0 Å². The van der Waals surface area contributed by atoms with Gasteiger partial charge in [-0.15, -0.1) is 0 Å². The van der Waals surface area contributed by atoms with Crippen LogP contribution in [0.2, 0.25) is 0 Å². The summed E-state index contributed by atoms with van der Waals surface area (Å²) in [5, 5.41) is 2.23. The lowest BCUT2D eigenvalue weighted by Gasteiger charge is -2.48. The van der Waals surface area contributed by atoms with Gasteiger partial charge in [-0.25, -0.2) is 0 Å². The van der Waals surface area contributed by atoms with Crippen molar-refractivity contribution < 1.29 is 9.15 Å². The SMILES string of the molecule is Cc1cc2c3c(c1)N(c1cc4c(cc1C)C(C)(C)CCC4(C)C)c1cc4c(cc1B3N(c1ccc(C(C)(C)C)cc1-c1ccccc1)c1cc3c(cc1-2)oc1ccccc13)Oc1ccccc1C4(C)C. The summed E-state index contributed by atoms with van der Waals surface area (Å²) in [7, 11) is 0. The summed E-state index contributed by atoms with van der Waals surface area (Å²) < 4.78 is 13.9. The lowest BCUT2D eigenvalue weighted by molar-refractivity contribution is 0.332. The van der Waals surface area contributed by atoms with E-state index in [0.29, 0.717) is 0 Å². The molecule has 0 fully saturated rings. The zero-order valence-corrected chi connectivity index (χ0v) is 42.6. The van der Waals surface area contributed by atoms with Crippen LogP contribution >= 0.6 is 0 Å². The summed E-state index contributed by atoms with van der Waals surface area (Å²) in [6.07, 6.45) is 2.32. The molecular formula is C65H61BN2O2. The van der Waals surface area contributed by atoms with Crippen LogP contribution in [0.1, 0.15) is 114 Å². The molecular weight excluding hydrogens is 852 g/mol. The number of aryl methyl sites for hydroxylation is 2. The molecule has 4 nitrogen and oxygen atoms in total. The highest BCUT2D eigenvalue weighted by atomic mass is 16.5. The van der Waals surface area contributed by atoms with Crippen molar-refractivity contribution >= 4 is 68.1 Å². The number of furan rings is 1. The van der Waals surface area contributed by atoms with Crippen LogP contribution in [0.25, 0.3) is 44.2 Å². The van der Waals surface area contributed by atoms with Crippen LogP contribution in [0.3, 0.4) is 0 Å². The zero-order chi connectivity index (χ0) is 48.4. The predicted molar refractivity (Wildman–Crippen MR) is 295 cm³/mol. The quantitative estimate of drug-likeness (QED) is 0.165. The monoisotopic (exact) mass is 912 g/mol. The Balaban J connectivity index is 1.18. The van der Waals surface area contributed by atoms with Crippen molar-refractivity contribution in [2.24, 2.45) is 0 Å². The topological polar surface area (TPSA) is 28.9 Å². The molecule has 13 rings (SSSR count). The first-order valence-electron chi connectivity index (χ1n) is 25.4. The van der Waals surface area contributed by atoms with Gasteiger partial charge in [0, 0.05) is 66.9 Å². The third-order valence-electron chi connectivity index (χ3n) is 16.9. The van der Waals surface area contributed by atoms with Gasteiger partial charge in [-0.2, -0.15) is 0 Å². The summed E-state index contributed by atoms with van der Waals surface area (Å²) in [4.78, 5) is 5.33. The molecule has 0 N–H and O–H groups in total. The fourth-order valence-corrected chi connectivity index (χ4v) is 12.8. The van der Waals surface area contributed by atoms with Gasteiger partial charge in [0.1, 0.15) is 22.7 Å². The molecule has 3 aliphatic heterocycles. The number of fused-ring (bicyclic) bond motifs is 10. The predicted octanol–water partition coefficient (Wildman–Crippen LogP) is 16.7. The van der Waals surface area contributed by atoms with E-state index in [1.54, 1.807) is 0 Å². The molecule has 5 heteroatoms. The van der Waals surface area contributed by atoms with E-state index in [9.17, 15) is 0 Å². The van der Waals surface area contributed by atoms with Crippen molar-refractivity contribution in [1.29, 1.82) is 0 Å². The third-order valence-corrected chi connectivity index (χ3v) is 16.9. The molecule has 0 bridgehead atoms. The summed E-state index contributed by atoms with van der Waals surface area (Å²) in [6, 6.07) is 55.0. The van der Waals surface area contributed by atoms with Crippen LogP contribution in [0, 0.1) is 13.8 Å². The Kier molecular flexibility index (Phi) is 8.95. The Morgan fingerprint density at radius 1 is 0.514 bits per heavy atom. The van der Waals surface area contributed by atoms with Crippen LogP contribution in [0.4, 0.5) is 28.4 Å². The van der Waals surface area contributed by atoms with Crippen LogP contribution in [-0.4, -0.2) is 6.85 Å². The Hall–Kier alpha value is -6.98. The fourth-order valence-electron chi connectivity index (χ4n) is 12.8. The summed E-state index contributed by atoms with van der Waals surface area (Å²) >= 11 is 0. The molecule has 0 spiro atoms. The number of anilines is 5. The molecule has 1 aliphatic carbocycles. The van der Waals surface area contributed by atoms with Gasteiger partial charge in [-0.1, -0.05) is 147 Å². The van der Waals surface area contributed by atoms with Gasteiger partial charge < -0.3 is 18.9 Å². The van der Waals surface area contributed by atoms with E-state index < -0.39 is 0 Å². The highest BCUT2D eigenvalue weighted by molar-refractivity contribution is 6.93. The first-order valence-corrected chi connectivity index (χ1v) is 25.4. The van der Waals surface area contributed by atoms with E-state index in [-0.39, 0.29) is 28.5 Å². The second kappa shape index (κ2) is 14.5. The van der Waals surface area contributed by atoms with E-state index in [0.717, 1.165) is 51.2 Å². The Labute approximate surface area is 414 Å². The number of ether oxygens (including phenoxy) is 1. The van der Waals surface area contributed by atoms with Crippen molar-refractivity contribution in [3.05, 3.63) is 185 Å². The van der Waals surface area contributed by atoms with E-state index in [1.807, 2.05) is 0 Å². The zero-order valence-electron chi connectivity index (χ0n) is 42.6. The van der Waals surface area contributed by atoms with Gasteiger partial charge in [-0.3, -0.25) is 0 Å². The second-order valence-corrected chi connectivity index (χ2v) is 23.7. The maximum Gasteiger partial charge on any atom is 0.333 e. The molecule has 0 radical (unpaired) electrons. The van der Waals surface area contributed by atoms with Crippen molar-refractivity contribution in [1.82, 2.24) is 0 Å². The largest absolute Gasteiger partial charge is 0.457 e. The molecule has 4 aliphatic rings. The minimum absolute atomic E-state index is 0.0244. The molecule has 70 heavy (non-hydrogen) atoms. The molecule has 0 saturated carbocycles. The molecule has 4 heterocycles. The van der Waals surface area contributed by atoms with Crippen molar-refractivity contribution in [2.45, 2.75) is 111 Å². The summed E-state index contributed by atoms with van der Waals surface area (Å²) in [5.41, 5.74) is 23.9. The number of hydrogen-bond acceptors (Lipinski definition) is 4. The second-order valence-electron chi connectivity index (χ2n) is 23.7. The maximum atomic E-state index is 7.12. The number of nitrogens with zero attached hydrogens (tertiary/aromatic N) is 2. The smallest absolute Gasteiger partial charge is 0.333 e. The van der Waals surface area contributed by atoms with Crippen molar-refractivity contribution in [2.75, 3.05) is 9.71 Å². The van der Waals surface area contributed by atoms with E-state index in [1.165, 1.54) is 95.6 Å². The summed E-state index contributed by atoms with van der Waals surface area (Å²) in [5.74, 6) is 1.84. The molecule has 0 saturated heterocycles. The van der Waals surface area contributed by atoms with Crippen LogP contribution < -0.4 is 25.4 Å². The average molecular weight is 913 g/mol. The number of benzene rings is 8. The number of rotatable bonds is 3. The van der Waals surface area contributed by atoms with Crippen LogP contribution in [-0.2, 0) is 21.7 Å². The van der Waals surface area contributed by atoms with Gasteiger partial charge in [0.2, 0.25) is 0 Å². The Morgan fingerprint density at radius 3 is 1.99 bits per heavy atom. The van der Waals surface area contributed by atoms with E-state index >= 15 is 0 Å². The van der Waals surface area contributed by atoms with Gasteiger partial charge >= 0.3 is 6.85 Å². The van der Waals surface area contributed by atoms with Crippen LogP contribution in [0.5, 0.6) is 11.5 Å². The van der Waals surface area contributed by atoms with E-state index in [2.05, 4.69) is 231 Å². The average Bonchev–Trinajstić information content (AvgIpc) is 3.70. The molecule has 8 aromatic carbocycles. The lowest BCUT2D eigenvalue weighted by atomic mass is 9.43. The van der Waals surface area contributed by atoms with Gasteiger partial charge in [0.05, 0.1) is 0 Å². The molecule has 0 atom stereocenters. The summed E-state index contributed by atoms with van der Waals surface area (Å²) in [6.45, 7) is 25.8. The Morgan fingerprint density at radius 2 is 1.21 bits per heavy atom. The molecule has 9 aromatic rings. The first-order chi connectivity index (χ1) is 33.4. The van der Waals surface area contributed by atoms with Crippen LogP contribution in [0.15, 0.2) is 150 Å². The van der Waals surface area contributed by atoms with E-state index in [4.69, 9.17) is 9.15 Å². The highest BCUT2D eigenvalue weighted by Gasteiger charge is 2.49. The Bertz CT molecular complexity index is 3700. The van der Waals surface area contributed by atoms with Gasteiger partial charge in [0.25, 0.3) is 0 Å². The normalized spacial score (nSPS) is 16.8. The van der Waals surface area contributed by atoms with Crippen molar-refractivity contribution in [3.63, 3.8) is 0 Å². The first kappa shape index (κ1) is 43.1. The molecule has 1 aromatic heterocycles. The highest BCUT2D eigenvalue weighted by Crippen LogP contribution is 2.56. The molecule has 346 valence electrons. The maximum absolute atomic E-state index is 7.12. The number of hydrogen-bond donors (Lipinski definition) is 0. The minimum atomic E-state index is -0.324. The fraction of sp³-hybridized carbons (Fsp3) is 0.262. The van der Waals surface area contributed by atoms with Crippen molar-refractivity contribution in [3.8, 4) is 33.8 Å². The standard InChI is InChI=1S/C65H61BN2O2/c1-38-29-46-44-34-59-45(42-21-15-17-23-57(42)69-59)33-54(44)68(52-26-25-41(62(3,4)5)32-43(52)40-19-13-12-14-20-40)66-51-37-60-50(65(10,11)47-22-16-18-24-58(47)70-60)36-55(51)67(56(30-38)61(46)66)53-35-49-48(31-39(53)2)63(6,7)27-28-64(49,8)9/h12-26,29-37H,27-28H2,1-11H3. The molecule has 0 unspecified atom stereocenters. The lowest BCUT2D eigenvalue weighted by Crippen LogP contribution is -2.62. The molecule has 0 amide bonds. The van der Waals surface area contributed by atoms with Gasteiger partial charge in [-0.05, 0) is 153 Å². The number of para-hydroxylation sites is 2. The third kappa shape index (κ3) is 6.15. The minimum Gasteiger partial charge on any atom is -0.457 e.